The zero-order valence-electron chi connectivity index (χ0n) is 10.0. The smallest absolute Gasteiger partial charge is 0.153 e. The van der Waals surface area contributed by atoms with Gasteiger partial charge in [0.05, 0.1) is 18.3 Å². The van der Waals surface area contributed by atoms with E-state index in [0.717, 1.165) is 19.3 Å². The van der Waals surface area contributed by atoms with Crippen molar-refractivity contribution in [1.82, 2.24) is 9.97 Å². The van der Waals surface area contributed by atoms with Crippen molar-refractivity contribution in [2.24, 2.45) is 5.11 Å². The van der Waals surface area contributed by atoms with Gasteiger partial charge < -0.3 is 15.2 Å². The summed E-state index contributed by atoms with van der Waals surface area (Å²) in [4.78, 5) is 9.47. The van der Waals surface area contributed by atoms with Crippen LogP contribution in [0.2, 0.25) is 5.15 Å². The number of aliphatic hydroxyl groups excluding tert-OH is 2. The number of aromatic nitrogens is 2. The molecule has 0 fully saturated rings. The normalized spacial score (nSPS) is 14.0. The third-order valence-electron chi connectivity index (χ3n) is 2.49. The number of azide groups is 1. The molecule has 0 bridgehead atoms. The fourth-order valence-electron chi connectivity index (χ4n) is 1.48. The molecule has 1 heterocycles. The molecule has 18 heavy (non-hydrogen) atoms. The largest absolute Gasteiger partial charge is 0.390 e. The Morgan fingerprint density at radius 3 is 2.89 bits per heavy atom. The quantitative estimate of drug-likeness (QED) is 0.401. The van der Waals surface area contributed by atoms with Crippen LogP contribution < -0.4 is 0 Å². The van der Waals surface area contributed by atoms with Crippen LogP contribution in [0.5, 0.6) is 0 Å². The number of halogens is 1. The molecule has 2 unspecified atom stereocenters. The maximum absolute atomic E-state index is 9.85. The SMILES string of the molecule is CCCCc1nc(Cl)c(C(O)C(O)CN=[N+]=[N-])[nH]1. The number of aromatic amines is 1. The van der Waals surface area contributed by atoms with E-state index < -0.39 is 12.2 Å². The molecular weight excluding hydrogens is 258 g/mol. The van der Waals surface area contributed by atoms with E-state index in [-0.39, 0.29) is 17.4 Å². The molecule has 1 aromatic rings. The van der Waals surface area contributed by atoms with Crippen LogP contribution in [0.4, 0.5) is 0 Å². The van der Waals surface area contributed by atoms with E-state index in [0.29, 0.717) is 5.82 Å². The van der Waals surface area contributed by atoms with Gasteiger partial charge in [0.25, 0.3) is 0 Å². The molecule has 100 valence electrons. The summed E-state index contributed by atoms with van der Waals surface area (Å²) < 4.78 is 0. The second-order valence-corrected chi connectivity index (χ2v) is 4.28. The van der Waals surface area contributed by atoms with Gasteiger partial charge in [-0.1, -0.05) is 30.1 Å². The lowest BCUT2D eigenvalue weighted by atomic mass is 10.1. The summed E-state index contributed by atoms with van der Waals surface area (Å²) in [6.07, 6.45) is 0.259. The van der Waals surface area contributed by atoms with Crippen LogP contribution >= 0.6 is 11.6 Å². The summed E-state index contributed by atoms with van der Waals surface area (Å²) in [6.45, 7) is 1.83. The highest BCUT2D eigenvalue weighted by Gasteiger charge is 2.23. The first kappa shape index (κ1) is 14.8. The number of aliphatic hydroxyl groups is 2. The molecule has 1 rings (SSSR count). The summed E-state index contributed by atoms with van der Waals surface area (Å²) in [6, 6.07) is 0. The highest BCUT2D eigenvalue weighted by Crippen LogP contribution is 2.23. The van der Waals surface area contributed by atoms with Crippen molar-refractivity contribution in [3.05, 3.63) is 27.1 Å². The maximum Gasteiger partial charge on any atom is 0.153 e. The Labute approximate surface area is 109 Å². The van der Waals surface area contributed by atoms with E-state index >= 15 is 0 Å². The Balaban J connectivity index is 2.75. The van der Waals surface area contributed by atoms with Crippen molar-refractivity contribution in [2.45, 2.75) is 38.4 Å². The van der Waals surface area contributed by atoms with Crippen LogP contribution in [0.25, 0.3) is 10.4 Å². The monoisotopic (exact) mass is 273 g/mol. The number of hydrogen-bond acceptors (Lipinski definition) is 4. The van der Waals surface area contributed by atoms with E-state index in [1.807, 2.05) is 0 Å². The molecule has 0 amide bonds. The standard InChI is InChI=1S/C10H16ClN5O2/c1-2-3-4-7-14-8(10(11)15-7)9(18)6(17)5-13-16-12/h6,9,17-18H,2-5H2,1H3,(H,14,15). The van der Waals surface area contributed by atoms with Gasteiger partial charge in [-0.05, 0) is 12.0 Å². The average molecular weight is 274 g/mol. The number of unbranched alkanes of at least 4 members (excludes halogenated alkanes) is 1. The van der Waals surface area contributed by atoms with Crippen molar-refractivity contribution in [2.75, 3.05) is 6.54 Å². The Hall–Kier alpha value is -1.27. The maximum atomic E-state index is 9.85. The van der Waals surface area contributed by atoms with Crippen LogP contribution in [-0.2, 0) is 6.42 Å². The van der Waals surface area contributed by atoms with Crippen molar-refractivity contribution < 1.29 is 10.2 Å². The van der Waals surface area contributed by atoms with Gasteiger partial charge in [-0.25, -0.2) is 4.98 Å². The van der Waals surface area contributed by atoms with Gasteiger partial charge in [-0.2, -0.15) is 0 Å². The molecule has 3 N–H and O–H groups in total. The number of nitrogens with zero attached hydrogens (tertiary/aromatic N) is 4. The van der Waals surface area contributed by atoms with Gasteiger partial charge >= 0.3 is 0 Å². The minimum atomic E-state index is -1.24. The Kier molecular flexibility index (Phi) is 5.94. The summed E-state index contributed by atoms with van der Waals surface area (Å²) in [5.41, 5.74) is 8.40. The van der Waals surface area contributed by atoms with Crippen LogP contribution in [-0.4, -0.2) is 32.8 Å². The predicted octanol–water partition coefficient (Wildman–Crippen LogP) is 2.11. The van der Waals surface area contributed by atoms with Crippen LogP contribution in [0, 0.1) is 0 Å². The highest BCUT2D eigenvalue weighted by molar-refractivity contribution is 6.30. The molecule has 0 aliphatic carbocycles. The molecule has 0 aliphatic rings. The number of imidazole rings is 1. The van der Waals surface area contributed by atoms with Gasteiger partial charge in [0.2, 0.25) is 0 Å². The van der Waals surface area contributed by atoms with Gasteiger partial charge in [0, 0.05) is 11.3 Å². The molecule has 0 radical (unpaired) electrons. The Morgan fingerprint density at radius 2 is 2.28 bits per heavy atom. The van der Waals surface area contributed by atoms with E-state index in [1.54, 1.807) is 0 Å². The molecule has 7 nitrogen and oxygen atoms in total. The number of hydrogen-bond donors (Lipinski definition) is 3. The number of H-pyrrole nitrogens is 1. The first-order valence-electron chi connectivity index (χ1n) is 5.71. The lowest BCUT2D eigenvalue weighted by molar-refractivity contribution is 0.0220. The fraction of sp³-hybridized carbons (Fsp3) is 0.700. The summed E-state index contributed by atoms with van der Waals surface area (Å²) in [7, 11) is 0. The summed E-state index contributed by atoms with van der Waals surface area (Å²) in [5.74, 6) is 0.673. The van der Waals surface area contributed by atoms with E-state index in [9.17, 15) is 10.2 Å². The van der Waals surface area contributed by atoms with Crippen LogP contribution in [0.3, 0.4) is 0 Å². The molecule has 8 heteroatoms. The lowest BCUT2D eigenvalue weighted by Gasteiger charge is -2.14. The molecule has 0 saturated carbocycles. The fourth-order valence-corrected chi connectivity index (χ4v) is 1.75. The van der Waals surface area contributed by atoms with E-state index in [1.165, 1.54) is 0 Å². The molecule has 1 aromatic heterocycles. The summed E-state index contributed by atoms with van der Waals surface area (Å²) >= 11 is 5.88. The minimum absolute atomic E-state index is 0.133. The van der Waals surface area contributed by atoms with Gasteiger partial charge in [0.1, 0.15) is 11.9 Å². The van der Waals surface area contributed by atoms with Gasteiger partial charge in [-0.3, -0.25) is 0 Å². The first-order chi connectivity index (χ1) is 8.60. The second-order valence-electron chi connectivity index (χ2n) is 3.92. The van der Waals surface area contributed by atoms with Gasteiger partial charge in [-0.15, -0.1) is 0 Å². The molecular formula is C10H16ClN5O2. The molecule has 2 atom stereocenters. The van der Waals surface area contributed by atoms with Crippen molar-refractivity contribution in [1.29, 1.82) is 0 Å². The Bertz CT molecular complexity index is 430. The van der Waals surface area contributed by atoms with E-state index in [4.69, 9.17) is 17.1 Å². The molecule has 0 aromatic carbocycles. The predicted molar refractivity (Wildman–Crippen MR) is 67.2 cm³/mol. The minimum Gasteiger partial charge on any atom is -0.390 e. The van der Waals surface area contributed by atoms with Crippen LogP contribution in [0.1, 0.15) is 37.4 Å². The Morgan fingerprint density at radius 1 is 1.56 bits per heavy atom. The third-order valence-corrected chi connectivity index (χ3v) is 2.78. The number of aryl methyl sites for hydroxylation is 1. The second kappa shape index (κ2) is 7.23. The van der Waals surface area contributed by atoms with E-state index in [2.05, 4.69) is 26.9 Å². The highest BCUT2D eigenvalue weighted by atomic mass is 35.5. The van der Waals surface area contributed by atoms with Gasteiger partial charge in [0.15, 0.2) is 5.15 Å². The summed E-state index contributed by atoms with van der Waals surface area (Å²) in [5, 5.41) is 22.8. The third kappa shape index (κ3) is 3.89. The van der Waals surface area contributed by atoms with Crippen molar-refractivity contribution in [3.8, 4) is 0 Å². The first-order valence-corrected chi connectivity index (χ1v) is 6.09. The van der Waals surface area contributed by atoms with Crippen molar-refractivity contribution in [3.63, 3.8) is 0 Å². The number of rotatable bonds is 7. The molecule has 0 spiro atoms. The zero-order chi connectivity index (χ0) is 13.5. The van der Waals surface area contributed by atoms with Crippen molar-refractivity contribution >= 4 is 11.6 Å². The zero-order valence-corrected chi connectivity index (χ0v) is 10.8. The number of nitrogens with one attached hydrogen (secondary N) is 1. The van der Waals surface area contributed by atoms with Crippen LogP contribution in [0.15, 0.2) is 5.11 Å². The topological polar surface area (TPSA) is 118 Å². The lowest BCUT2D eigenvalue weighted by Crippen LogP contribution is -2.21. The average Bonchev–Trinajstić information content (AvgIpc) is 2.73. The molecule has 0 aliphatic heterocycles. The molecule has 0 saturated heterocycles.